The van der Waals surface area contributed by atoms with Crippen molar-refractivity contribution >= 4 is 5.91 Å². The summed E-state index contributed by atoms with van der Waals surface area (Å²) in [4.78, 5) is 11.0. The zero-order valence-corrected chi connectivity index (χ0v) is 8.41. The standard InChI is InChI=1S/C11H14NO2/c1-3-11(13)12-9(2)14-10-7-5-4-6-8-10/h5-9H,3H2,1-2H3,(H,12,13). The molecule has 0 saturated heterocycles. The Hall–Kier alpha value is -1.51. The van der Waals surface area contributed by atoms with Crippen molar-refractivity contribution in [3.63, 3.8) is 0 Å². The number of carbonyl (C=O) groups excluding carboxylic acids is 1. The highest BCUT2D eigenvalue weighted by molar-refractivity contribution is 5.75. The van der Waals surface area contributed by atoms with Crippen molar-refractivity contribution < 1.29 is 9.53 Å². The fourth-order valence-corrected chi connectivity index (χ4v) is 1.01. The minimum absolute atomic E-state index is 0.0139. The van der Waals surface area contributed by atoms with Crippen molar-refractivity contribution in [2.45, 2.75) is 26.5 Å². The van der Waals surface area contributed by atoms with Gasteiger partial charge in [-0.3, -0.25) is 4.79 Å². The molecule has 0 heterocycles. The van der Waals surface area contributed by atoms with Crippen LogP contribution in [0, 0.1) is 6.07 Å². The normalized spacial score (nSPS) is 11.9. The maximum atomic E-state index is 11.0. The highest BCUT2D eigenvalue weighted by Crippen LogP contribution is 2.09. The smallest absolute Gasteiger partial charge is 0.222 e. The summed E-state index contributed by atoms with van der Waals surface area (Å²) >= 11 is 0. The van der Waals surface area contributed by atoms with Crippen LogP contribution in [0.2, 0.25) is 0 Å². The van der Waals surface area contributed by atoms with E-state index < -0.39 is 0 Å². The Balaban J connectivity index is 2.41. The second-order valence-corrected chi connectivity index (χ2v) is 2.92. The van der Waals surface area contributed by atoms with E-state index in [1.165, 1.54) is 0 Å². The van der Waals surface area contributed by atoms with E-state index in [2.05, 4.69) is 11.4 Å². The van der Waals surface area contributed by atoms with Crippen LogP contribution in [0.15, 0.2) is 24.3 Å². The Morgan fingerprint density at radius 1 is 1.57 bits per heavy atom. The van der Waals surface area contributed by atoms with Gasteiger partial charge in [-0.15, -0.1) is 0 Å². The van der Waals surface area contributed by atoms with Crippen molar-refractivity contribution in [1.29, 1.82) is 0 Å². The van der Waals surface area contributed by atoms with Crippen LogP contribution in [0.3, 0.4) is 0 Å². The SMILES string of the molecule is CCC(=O)NC(C)Oc1cc[c]cc1. The Morgan fingerprint density at radius 3 is 2.79 bits per heavy atom. The molecule has 1 atom stereocenters. The molecule has 14 heavy (non-hydrogen) atoms. The minimum Gasteiger partial charge on any atom is -0.471 e. The number of carbonyl (C=O) groups is 1. The summed E-state index contributed by atoms with van der Waals surface area (Å²) in [5.41, 5.74) is 0. The maximum Gasteiger partial charge on any atom is 0.222 e. The number of nitrogens with one attached hydrogen (secondary N) is 1. The van der Waals surface area contributed by atoms with Crippen LogP contribution in [-0.4, -0.2) is 12.1 Å². The van der Waals surface area contributed by atoms with Gasteiger partial charge in [0, 0.05) is 6.42 Å². The molecule has 1 radical (unpaired) electrons. The number of amides is 1. The molecule has 75 valence electrons. The summed E-state index contributed by atoms with van der Waals surface area (Å²) in [6.07, 6.45) is 0.167. The molecule has 0 aliphatic rings. The average molecular weight is 192 g/mol. The second-order valence-electron chi connectivity index (χ2n) is 2.92. The average Bonchev–Trinajstić information content (AvgIpc) is 2.19. The predicted octanol–water partition coefficient (Wildman–Crippen LogP) is 1.74. The van der Waals surface area contributed by atoms with Gasteiger partial charge >= 0.3 is 0 Å². The molecular formula is C11H14NO2. The van der Waals surface area contributed by atoms with E-state index in [1.54, 1.807) is 38.1 Å². The minimum atomic E-state index is -0.301. The topological polar surface area (TPSA) is 38.3 Å². The van der Waals surface area contributed by atoms with Crippen LogP contribution in [0.4, 0.5) is 0 Å². The molecule has 0 spiro atoms. The molecule has 0 aliphatic carbocycles. The molecular weight excluding hydrogens is 178 g/mol. The highest BCUT2D eigenvalue weighted by Gasteiger charge is 2.05. The number of ether oxygens (including phenoxy) is 1. The number of rotatable bonds is 4. The summed E-state index contributed by atoms with van der Waals surface area (Å²) < 4.78 is 5.43. The van der Waals surface area contributed by atoms with Gasteiger partial charge in [-0.25, -0.2) is 0 Å². The zero-order chi connectivity index (χ0) is 10.4. The fourth-order valence-electron chi connectivity index (χ4n) is 1.01. The lowest BCUT2D eigenvalue weighted by molar-refractivity contribution is -0.122. The van der Waals surface area contributed by atoms with Gasteiger partial charge in [-0.1, -0.05) is 19.1 Å². The quantitative estimate of drug-likeness (QED) is 0.738. The molecule has 1 aromatic rings. The summed E-state index contributed by atoms with van der Waals surface area (Å²) in [6.45, 7) is 3.60. The van der Waals surface area contributed by atoms with E-state index >= 15 is 0 Å². The molecule has 1 rings (SSSR count). The first-order valence-electron chi connectivity index (χ1n) is 4.64. The molecule has 1 amide bonds. The van der Waals surface area contributed by atoms with E-state index in [4.69, 9.17) is 4.74 Å². The number of hydrogen-bond donors (Lipinski definition) is 1. The van der Waals surface area contributed by atoms with Crippen LogP contribution >= 0.6 is 0 Å². The van der Waals surface area contributed by atoms with Crippen molar-refractivity contribution in [2.75, 3.05) is 0 Å². The molecule has 3 heteroatoms. The molecule has 1 aromatic carbocycles. The maximum absolute atomic E-state index is 11.0. The first kappa shape index (κ1) is 10.6. The van der Waals surface area contributed by atoms with Crippen LogP contribution in [0.1, 0.15) is 20.3 Å². The van der Waals surface area contributed by atoms with E-state index in [1.807, 2.05) is 0 Å². The number of benzene rings is 1. The third kappa shape index (κ3) is 3.47. The summed E-state index contributed by atoms with van der Waals surface area (Å²) in [5, 5.41) is 2.71. The molecule has 0 aliphatic heterocycles. The Labute approximate surface area is 84.1 Å². The summed E-state index contributed by atoms with van der Waals surface area (Å²) in [5.74, 6) is 0.715. The molecule has 0 fully saturated rings. The zero-order valence-electron chi connectivity index (χ0n) is 8.41. The largest absolute Gasteiger partial charge is 0.471 e. The van der Waals surface area contributed by atoms with Gasteiger partial charge in [0.2, 0.25) is 5.91 Å². The lowest BCUT2D eigenvalue weighted by atomic mass is 10.3. The van der Waals surface area contributed by atoms with Crippen LogP contribution in [-0.2, 0) is 4.79 Å². The van der Waals surface area contributed by atoms with Crippen molar-refractivity contribution in [1.82, 2.24) is 5.32 Å². The lowest BCUT2D eigenvalue weighted by Crippen LogP contribution is -2.36. The van der Waals surface area contributed by atoms with E-state index in [-0.39, 0.29) is 12.1 Å². The third-order valence-electron chi connectivity index (χ3n) is 1.69. The molecule has 1 unspecified atom stereocenters. The first-order chi connectivity index (χ1) is 6.72. The summed E-state index contributed by atoms with van der Waals surface area (Å²) in [6, 6.07) is 10.0. The van der Waals surface area contributed by atoms with Gasteiger partial charge in [0.25, 0.3) is 0 Å². The predicted molar refractivity (Wildman–Crippen MR) is 53.8 cm³/mol. The molecule has 0 saturated carbocycles. The first-order valence-corrected chi connectivity index (χ1v) is 4.64. The van der Waals surface area contributed by atoms with Gasteiger partial charge in [0.15, 0.2) is 6.23 Å². The van der Waals surface area contributed by atoms with Crippen LogP contribution in [0.5, 0.6) is 5.75 Å². The molecule has 0 bridgehead atoms. The Morgan fingerprint density at radius 2 is 2.21 bits per heavy atom. The van der Waals surface area contributed by atoms with E-state index in [0.717, 1.165) is 5.75 Å². The fraction of sp³-hybridized carbons (Fsp3) is 0.364. The Bertz CT molecular complexity index is 285. The van der Waals surface area contributed by atoms with Crippen LogP contribution in [0.25, 0.3) is 0 Å². The Kier molecular flexibility index (Phi) is 3.98. The summed E-state index contributed by atoms with van der Waals surface area (Å²) in [7, 11) is 0. The van der Waals surface area contributed by atoms with Crippen LogP contribution < -0.4 is 10.1 Å². The molecule has 1 N–H and O–H groups in total. The van der Waals surface area contributed by atoms with E-state index in [0.29, 0.717) is 6.42 Å². The van der Waals surface area contributed by atoms with Crippen molar-refractivity contribution in [3.8, 4) is 5.75 Å². The van der Waals surface area contributed by atoms with E-state index in [9.17, 15) is 4.79 Å². The van der Waals surface area contributed by atoms with Gasteiger partial charge in [-0.05, 0) is 25.1 Å². The van der Waals surface area contributed by atoms with Crippen molar-refractivity contribution in [3.05, 3.63) is 30.3 Å². The highest BCUT2D eigenvalue weighted by atomic mass is 16.5. The van der Waals surface area contributed by atoms with Crippen molar-refractivity contribution in [2.24, 2.45) is 0 Å². The monoisotopic (exact) mass is 192 g/mol. The lowest BCUT2D eigenvalue weighted by Gasteiger charge is -2.15. The van der Waals surface area contributed by atoms with Gasteiger partial charge in [-0.2, -0.15) is 0 Å². The third-order valence-corrected chi connectivity index (χ3v) is 1.69. The molecule has 3 nitrogen and oxygen atoms in total. The van der Waals surface area contributed by atoms with Gasteiger partial charge in [0.1, 0.15) is 5.75 Å². The molecule has 0 aromatic heterocycles. The number of hydrogen-bond acceptors (Lipinski definition) is 2. The van der Waals surface area contributed by atoms with Gasteiger partial charge < -0.3 is 10.1 Å². The van der Waals surface area contributed by atoms with Gasteiger partial charge in [0.05, 0.1) is 0 Å². The second kappa shape index (κ2) is 5.27.